The predicted molar refractivity (Wildman–Crippen MR) is 152 cm³/mol. The van der Waals surface area contributed by atoms with Crippen molar-refractivity contribution in [1.29, 1.82) is 0 Å². The van der Waals surface area contributed by atoms with Crippen molar-refractivity contribution >= 4 is 17.0 Å². The Morgan fingerprint density at radius 3 is 2.72 bits per heavy atom. The first kappa shape index (κ1) is 28.9. The number of fused-ring (bicyclic) bond motifs is 1. The quantitative estimate of drug-likeness (QED) is 0.274. The van der Waals surface area contributed by atoms with Gasteiger partial charge in [-0.25, -0.2) is 23.5 Å². The molecule has 10 nitrogen and oxygen atoms in total. The molecule has 0 bridgehead atoms. The van der Waals surface area contributed by atoms with E-state index in [1.54, 1.807) is 25.3 Å². The summed E-state index contributed by atoms with van der Waals surface area (Å²) in [6.45, 7) is 6.63. The summed E-state index contributed by atoms with van der Waals surface area (Å²) in [7, 11) is 0. The lowest BCUT2D eigenvalue weighted by Gasteiger charge is -2.37. The maximum absolute atomic E-state index is 13.9. The van der Waals surface area contributed by atoms with Crippen LogP contribution < -0.4 is 9.47 Å². The Labute approximate surface area is 247 Å². The van der Waals surface area contributed by atoms with Crippen molar-refractivity contribution < 1.29 is 32.9 Å². The summed E-state index contributed by atoms with van der Waals surface area (Å²) >= 11 is 0. The molecule has 0 saturated carbocycles. The highest BCUT2D eigenvalue weighted by Crippen LogP contribution is 2.28. The number of hydrogen-bond donors (Lipinski definition) is 1. The van der Waals surface area contributed by atoms with Crippen LogP contribution in [0.5, 0.6) is 11.6 Å². The molecule has 6 rings (SSSR count). The summed E-state index contributed by atoms with van der Waals surface area (Å²) in [6.07, 6.45) is 4.11. The van der Waals surface area contributed by atoms with E-state index in [0.29, 0.717) is 30.4 Å². The summed E-state index contributed by atoms with van der Waals surface area (Å²) < 4.78 is 46.5. The predicted octanol–water partition coefficient (Wildman–Crippen LogP) is 4.91. The van der Waals surface area contributed by atoms with Gasteiger partial charge in [0.1, 0.15) is 24.4 Å². The smallest absolute Gasteiger partial charge is 0.336 e. The van der Waals surface area contributed by atoms with Crippen LogP contribution in [0, 0.1) is 18.6 Å². The summed E-state index contributed by atoms with van der Waals surface area (Å²) in [5.41, 5.74) is 2.56. The van der Waals surface area contributed by atoms with Crippen molar-refractivity contribution in [3.05, 3.63) is 77.0 Å². The Balaban J connectivity index is 1.11. The van der Waals surface area contributed by atoms with E-state index in [4.69, 9.17) is 19.2 Å². The standard InChI is InChI=1S/C31H33F2N5O5/c1-18-11-25-26(14-23(18)31(39)40)38(15-22-7-10-41-22)29(35-25)16-37-9-6-21(12-19(37)2)43-30-5-8-34-28(36-30)17-42-27-4-3-20(32)13-24(27)33/h3-5,8,11,13-14,19,21-22H,6-7,9-10,12,15-17H2,1-2H3,(H,39,40)/t19-,21-,22-/m0/s1. The first-order chi connectivity index (χ1) is 20.7. The highest BCUT2D eigenvalue weighted by atomic mass is 19.1. The SMILES string of the molecule is Cc1cc2nc(CN3CC[C@H](Oc4ccnc(COc5ccc(F)cc5F)n4)C[C@@H]3C)n(C[C@@H]3CCO3)c2cc1C(=O)O. The number of carboxylic acids is 1. The zero-order valence-electron chi connectivity index (χ0n) is 24.0. The Hall–Kier alpha value is -4.16. The molecule has 0 aliphatic carbocycles. The number of aromatic nitrogens is 4. The van der Waals surface area contributed by atoms with Crippen LogP contribution in [0.4, 0.5) is 8.78 Å². The second-order valence-corrected chi connectivity index (χ2v) is 11.1. The fourth-order valence-corrected chi connectivity index (χ4v) is 5.63. The largest absolute Gasteiger partial charge is 0.483 e. The Bertz CT molecular complexity index is 1640. The number of piperidine rings is 1. The van der Waals surface area contributed by atoms with Crippen LogP contribution in [0.2, 0.25) is 0 Å². The fourth-order valence-electron chi connectivity index (χ4n) is 5.63. The second-order valence-electron chi connectivity index (χ2n) is 11.1. The summed E-state index contributed by atoms with van der Waals surface area (Å²) in [5, 5.41) is 9.68. The van der Waals surface area contributed by atoms with Gasteiger partial charge >= 0.3 is 5.97 Å². The summed E-state index contributed by atoms with van der Waals surface area (Å²) in [5.74, 6) is -0.883. The third kappa shape index (κ3) is 6.45. The van der Waals surface area contributed by atoms with Crippen LogP contribution in [0.25, 0.3) is 11.0 Å². The van der Waals surface area contributed by atoms with Gasteiger partial charge in [0.05, 0.1) is 35.8 Å². The third-order valence-corrected chi connectivity index (χ3v) is 8.11. The van der Waals surface area contributed by atoms with Crippen molar-refractivity contribution in [1.82, 2.24) is 24.4 Å². The number of carboxylic acid groups (broad SMARTS) is 1. The van der Waals surface area contributed by atoms with Gasteiger partial charge in [-0.2, -0.15) is 4.98 Å². The zero-order valence-corrected chi connectivity index (χ0v) is 24.0. The second kappa shape index (κ2) is 12.2. The highest BCUT2D eigenvalue weighted by Gasteiger charge is 2.30. The molecule has 0 radical (unpaired) electrons. The molecule has 1 N–H and O–H groups in total. The minimum absolute atomic E-state index is 0.0626. The monoisotopic (exact) mass is 593 g/mol. The number of halogens is 2. The van der Waals surface area contributed by atoms with Crippen LogP contribution in [0.1, 0.15) is 53.8 Å². The molecule has 43 heavy (non-hydrogen) atoms. The number of aryl methyl sites for hydroxylation is 1. The third-order valence-electron chi connectivity index (χ3n) is 8.11. The number of ether oxygens (including phenoxy) is 3. The average molecular weight is 594 g/mol. The number of benzene rings is 2. The van der Waals surface area contributed by atoms with Gasteiger partial charge in [-0.05, 0) is 62.9 Å². The van der Waals surface area contributed by atoms with Gasteiger partial charge in [0.25, 0.3) is 0 Å². The summed E-state index contributed by atoms with van der Waals surface area (Å²) in [6, 6.07) is 8.55. The van der Waals surface area contributed by atoms with Crippen LogP contribution in [0.3, 0.4) is 0 Å². The van der Waals surface area contributed by atoms with Gasteiger partial charge in [0, 0.05) is 37.5 Å². The molecule has 2 aliphatic heterocycles. The molecule has 2 aliphatic rings. The lowest BCUT2D eigenvalue weighted by Crippen LogP contribution is -2.44. The van der Waals surface area contributed by atoms with Gasteiger partial charge in [-0.3, -0.25) is 4.90 Å². The van der Waals surface area contributed by atoms with Crippen LogP contribution in [-0.2, 0) is 24.4 Å². The molecule has 2 aromatic carbocycles. The van der Waals surface area contributed by atoms with E-state index in [0.717, 1.165) is 61.4 Å². The van der Waals surface area contributed by atoms with E-state index in [-0.39, 0.29) is 36.2 Å². The molecule has 0 unspecified atom stereocenters. The molecule has 226 valence electrons. The Kier molecular flexibility index (Phi) is 8.22. The molecular weight excluding hydrogens is 560 g/mol. The van der Waals surface area contributed by atoms with E-state index < -0.39 is 17.6 Å². The van der Waals surface area contributed by atoms with Crippen LogP contribution >= 0.6 is 0 Å². The van der Waals surface area contributed by atoms with Crippen molar-refractivity contribution in [2.24, 2.45) is 0 Å². The van der Waals surface area contributed by atoms with Crippen molar-refractivity contribution in [2.75, 3.05) is 13.2 Å². The van der Waals surface area contributed by atoms with Crippen LogP contribution in [-0.4, -0.2) is 66.9 Å². The average Bonchev–Trinajstić information content (AvgIpc) is 3.26. The molecule has 4 aromatic rings. The molecule has 3 atom stereocenters. The van der Waals surface area contributed by atoms with Crippen LogP contribution in [0.15, 0.2) is 42.6 Å². The molecule has 12 heteroatoms. The number of carbonyl (C=O) groups is 1. The maximum atomic E-state index is 13.9. The maximum Gasteiger partial charge on any atom is 0.336 e. The molecule has 2 fully saturated rings. The molecular formula is C31H33F2N5O5. The minimum atomic E-state index is -0.950. The lowest BCUT2D eigenvalue weighted by molar-refractivity contribution is -0.0593. The zero-order chi connectivity index (χ0) is 30.1. The lowest BCUT2D eigenvalue weighted by atomic mass is 10.0. The van der Waals surface area contributed by atoms with E-state index in [2.05, 4.69) is 26.4 Å². The van der Waals surface area contributed by atoms with E-state index >= 15 is 0 Å². The minimum Gasteiger partial charge on any atom is -0.483 e. The number of imidazole rings is 1. The van der Waals surface area contributed by atoms with Gasteiger partial charge in [-0.15, -0.1) is 0 Å². The molecule has 2 aromatic heterocycles. The molecule has 0 spiro atoms. The van der Waals surface area contributed by atoms with E-state index in [9.17, 15) is 18.7 Å². The van der Waals surface area contributed by atoms with Crippen molar-refractivity contribution in [2.45, 2.75) is 71.1 Å². The highest BCUT2D eigenvalue weighted by molar-refractivity contribution is 5.94. The Morgan fingerprint density at radius 2 is 2.00 bits per heavy atom. The van der Waals surface area contributed by atoms with Crippen molar-refractivity contribution in [3.63, 3.8) is 0 Å². The molecule has 4 heterocycles. The van der Waals surface area contributed by atoms with E-state index in [1.165, 1.54) is 6.07 Å². The number of aromatic carboxylic acids is 1. The molecule has 2 saturated heterocycles. The number of nitrogens with zero attached hydrogens (tertiary/aromatic N) is 5. The van der Waals surface area contributed by atoms with Crippen molar-refractivity contribution in [3.8, 4) is 11.6 Å². The van der Waals surface area contributed by atoms with Gasteiger partial charge < -0.3 is 23.9 Å². The number of hydrogen-bond acceptors (Lipinski definition) is 8. The van der Waals surface area contributed by atoms with Gasteiger partial charge in [-0.1, -0.05) is 0 Å². The number of likely N-dealkylation sites (tertiary alicyclic amines) is 1. The first-order valence-electron chi connectivity index (χ1n) is 14.4. The van der Waals surface area contributed by atoms with E-state index in [1.807, 2.05) is 6.07 Å². The summed E-state index contributed by atoms with van der Waals surface area (Å²) in [4.78, 5) is 27.7. The normalized spacial score (nSPS) is 20.6. The fraction of sp³-hybridized carbons (Fsp3) is 0.419. The van der Waals surface area contributed by atoms with Gasteiger partial charge in [0.15, 0.2) is 17.4 Å². The topological polar surface area (TPSA) is 112 Å². The number of rotatable bonds is 10. The first-order valence-corrected chi connectivity index (χ1v) is 14.4. The molecule has 0 amide bonds. The van der Waals surface area contributed by atoms with Gasteiger partial charge in [0.2, 0.25) is 5.88 Å². The Morgan fingerprint density at radius 1 is 1.16 bits per heavy atom.